The summed E-state index contributed by atoms with van der Waals surface area (Å²) in [5.41, 5.74) is 9.20. The first kappa shape index (κ1) is 14.2. The van der Waals surface area contributed by atoms with E-state index in [-0.39, 0.29) is 5.91 Å². The number of benzene rings is 1. The normalized spacial score (nSPS) is 10.3. The molecule has 0 spiro atoms. The van der Waals surface area contributed by atoms with E-state index >= 15 is 0 Å². The van der Waals surface area contributed by atoms with Crippen LogP contribution in [0.4, 0.5) is 0 Å². The molecule has 2 rings (SSSR count). The number of nitrogens with zero attached hydrogens (tertiary/aromatic N) is 2. The summed E-state index contributed by atoms with van der Waals surface area (Å²) in [6.45, 7) is 3.05. The Hall–Kier alpha value is -2.20. The van der Waals surface area contributed by atoms with Crippen molar-refractivity contribution >= 4 is 5.91 Å². The van der Waals surface area contributed by atoms with Crippen molar-refractivity contribution in [3.63, 3.8) is 0 Å². The number of rotatable bonds is 4. The topological polar surface area (TPSA) is 59.2 Å². The van der Waals surface area contributed by atoms with E-state index in [2.05, 4.69) is 4.98 Å². The number of carbonyl (C=O) groups is 1. The quantitative estimate of drug-likeness (QED) is 0.925. The van der Waals surface area contributed by atoms with Crippen LogP contribution < -0.4 is 5.73 Å². The fraction of sp³-hybridized carbons (Fsp3) is 0.250. The highest BCUT2D eigenvalue weighted by molar-refractivity contribution is 5.92. The molecule has 1 amide bonds. The number of aromatic nitrogens is 1. The van der Waals surface area contributed by atoms with Crippen LogP contribution in [0.1, 0.15) is 27.2 Å². The number of hydrogen-bond acceptors (Lipinski definition) is 3. The Morgan fingerprint density at radius 1 is 1.25 bits per heavy atom. The number of aryl methyl sites for hydroxylation is 1. The predicted molar refractivity (Wildman–Crippen MR) is 79.1 cm³/mol. The number of hydrogen-bond donors (Lipinski definition) is 1. The third-order valence-corrected chi connectivity index (χ3v) is 3.30. The second-order valence-corrected chi connectivity index (χ2v) is 4.84. The molecule has 0 saturated carbocycles. The Balaban J connectivity index is 2.10. The monoisotopic (exact) mass is 269 g/mol. The molecule has 4 nitrogen and oxygen atoms in total. The largest absolute Gasteiger partial charge is 0.336 e. The van der Waals surface area contributed by atoms with Gasteiger partial charge in [-0.15, -0.1) is 0 Å². The number of pyridine rings is 1. The van der Waals surface area contributed by atoms with Crippen molar-refractivity contribution in [1.82, 2.24) is 9.88 Å². The number of nitrogens with two attached hydrogens (primary N) is 1. The van der Waals surface area contributed by atoms with E-state index < -0.39 is 0 Å². The predicted octanol–water partition coefficient (Wildman–Crippen LogP) is 2.12. The summed E-state index contributed by atoms with van der Waals surface area (Å²) >= 11 is 0. The Morgan fingerprint density at radius 2 is 2.00 bits per heavy atom. The lowest BCUT2D eigenvalue weighted by Gasteiger charge is -2.18. The molecule has 1 heterocycles. The van der Waals surface area contributed by atoms with Crippen LogP contribution in [0.15, 0.2) is 42.6 Å². The average molecular weight is 269 g/mol. The van der Waals surface area contributed by atoms with Crippen LogP contribution in [0, 0.1) is 6.92 Å². The number of amides is 1. The summed E-state index contributed by atoms with van der Waals surface area (Å²) < 4.78 is 0. The fourth-order valence-electron chi connectivity index (χ4n) is 1.98. The van der Waals surface area contributed by atoms with Gasteiger partial charge in [-0.3, -0.25) is 9.78 Å². The Labute approximate surface area is 119 Å². The molecule has 20 heavy (non-hydrogen) atoms. The smallest absolute Gasteiger partial charge is 0.272 e. The van der Waals surface area contributed by atoms with E-state index in [1.807, 2.05) is 37.3 Å². The lowest BCUT2D eigenvalue weighted by Crippen LogP contribution is -2.27. The van der Waals surface area contributed by atoms with Gasteiger partial charge in [0.05, 0.1) is 0 Å². The van der Waals surface area contributed by atoms with Gasteiger partial charge in [-0.1, -0.05) is 30.3 Å². The van der Waals surface area contributed by atoms with Crippen molar-refractivity contribution in [3.8, 4) is 0 Å². The highest BCUT2D eigenvalue weighted by Crippen LogP contribution is 2.11. The van der Waals surface area contributed by atoms with Crippen LogP contribution >= 0.6 is 0 Å². The molecule has 0 aliphatic heterocycles. The zero-order valence-corrected chi connectivity index (χ0v) is 11.8. The van der Waals surface area contributed by atoms with Gasteiger partial charge in [0, 0.05) is 26.3 Å². The minimum absolute atomic E-state index is 0.0863. The van der Waals surface area contributed by atoms with E-state index in [9.17, 15) is 4.79 Å². The van der Waals surface area contributed by atoms with Crippen LogP contribution in [-0.4, -0.2) is 22.8 Å². The summed E-state index contributed by atoms with van der Waals surface area (Å²) in [5.74, 6) is -0.0863. The first-order valence-corrected chi connectivity index (χ1v) is 6.57. The van der Waals surface area contributed by atoms with Gasteiger partial charge in [-0.25, -0.2) is 0 Å². The second kappa shape index (κ2) is 6.30. The maximum absolute atomic E-state index is 12.3. The molecule has 104 valence electrons. The third kappa shape index (κ3) is 3.22. The molecule has 1 aromatic carbocycles. The van der Waals surface area contributed by atoms with E-state index in [0.29, 0.717) is 18.8 Å². The van der Waals surface area contributed by atoms with Gasteiger partial charge in [-0.05, 0) is 29.7 Å². The zero-order chi connectivity index (χ0) is 14.5. The fourth-order valence-corrected chi connectivity index (χ4v) is 1.98. The molecule has 2 aromatic rings. The Kier molecular flexibility index (Phi) is 4.48. The minimum Gasteiger partial charge on any atom is -0.336 e. The molecule has 0 atom stereocenters. The lowest BCUT2D eigenvalue weighted by molar-refractivity contribution is 0.0779. The van der Waals surface area contributed by atoms with Crippen molar-refractivity contribution in [2.45, 2.75) is 20.0 Å². The zero-order valence-electron chi connectivity index (χ0n) is 11.8. The van der Waals surface area contributed by atoms with Gasteiger partial charge < -0.3 is 10.6 Å². The molecular weight excluding hydrogens is 250 g/mol. The molecule has 1 aromatic heterocycles. The van der Waals surface area contributed by atoms with Crippen molar-refractivity contribution in [2.75, 3.05) is 7.05 Å². The maximum atomic E-state index is 12.3. The van der Waals surface area contributed by atoms with Crippen LogP contribution in [0.25, 0.3) is 0 Å². The Morgan fingerprint density at radius 3 is 2.60 bits per heavy atom. The minimum atomic E-state index is -0.0863. The number of carbonyl (C=O) groups excluding carboxylic acids is 1. The molecule has 0 aliphatic rings. The summed E-state index contributed by atoms with van der Waals surface area (Å²) in [6, 6.07) is 11.6. The van der Waals surface area contributed by atoms with Crippen LogP contribution in [0.3, 0.4) is 0 Å². The van der Waals surface area contributed by atoms with Gasteiger partial charge in [0.25, 0.3) is 5.91 Å². The Bertz CT molecular complexity index is 593. The summed E-state index contributed by atoms with van der Waals surface area (Å²) in [7, 11) is 1.79. The van der Waals surface area contributed by atoms with Crippen LogP contribution in [0.5, 0.6) is 0 Å². The summed E-state index contributed by atoms with van der Waals surface area (Å²) in [5, 5.41) is 0. The lowest BCUT2D eigenvalue weighted by atomic mass is 10.1. The first-order chi connectivity index (χ1) is 9.61. The molecule has 0 radical (unpaired) electrons. The van der Waals surface area contributed by atoms with Crippen molar-refractivity contribution < 1.29 is 4.79 Å². The van der Waals surface area contributed by atoms with Crippen molar-refractivity contribution in [1.29, 1.82) is 0 Å². The van der Waals surface area contributed by atoms with Crippen molar-refractivity contribution in [2.24, 2.45) is 5.73 Å². The van der Waals surface area contributed by atoms with Gasteiger partial charge >= 0.3 is 0 Å². The molecule has 0 unspecified atom stereocenters. The SMILES string of the molecule is Cc1ccccc1CN(C)C(=O)c1ccc(CN)cn1. The van der Waals surface area contributed by atoms with Gasteiger partial charge in [0.15, 0.2) is 0 Å². The van der Waals surface area contributed by atoms with E-state index in [0.717, 1.165) is 11.1 Å². The van der Waals surface area contributed by atoms with Gasteiger partial charge in [0.1, 0.15) is 5.69 Å². The molecule has 0 saturated heterocycles. The molecule has 4 heteroatoms. The molecule has 0 bridgehead atoms. The molecule has 0 aliphatic carbocycles. The molecule has 0 fully saturated rings. The van der Waals surface area contributed by atoms with E-state index in [1.165, 1.54) is 5.56 Å². The third-order valence-electron chi connectivity index (χ3n) is 3.30. The van der Waals surface area contributed by atoms with E-state index in [1.54, 1.807) is 24.2 Å². The summed E-state index contributed by atoms with van der Waals surface area (Å²) in [6.07, 6.45) is 1.65. The maximum Gasteiger partial charge on any atom is 0.272 e. The molecule has 2 N–H and O–H groups in total. The summed E-state index contributed by atoms with van der Waals surface area (Å²) in [4.78, 5) is 18.1. The molecular formula is C16H19N3O. The van der Waals surface area contributed by atoms with Crippen LogP contribution in [-0.2, 0) is 13.1 Å². The second-order valence-electron chi connectivity index (χ2n) is 4.84. The van der Waals surface area contributed by atoms with Gasteiger partial charge in [0.2, 0.25) is 0 Å². The first-order valence-electron chi connectivity index (χ1n) is 6.57. The van der Waals surface area contributed by atoms with Gasteiger partial charge in [-0.2, -0.15) is 0 Å². The van der Waals surface area contributed by atoms with Crippen molar-refractivity contribution in [3.05, 3.63) is 65.0 Å². The highest BCUT2D eigenvalue weighted by Gasteiger charge is 2.13. The highest BCUT2D eigenvalue weighted by atomic mass is 16.2. The van der Waals surface area contributed by atoms with Crippen LogP contribution in [0.2, 0.25) is 0 Å². The van der Waals surface area contributed by atoms with E-state index in [4.69, 9.17) is 5.73 Å². The average Bonchev–Trinajstić information content (AvgIpc) is 2.49. The standard InChI is InChI=1S/C16H19N3O/c1-12-5-3-4-6-14(12)11-19(2)16(20)15-8-7-13(9-17)10-18-15/h3-8,10H,9,11,17H2,1-2H3.